The highest BCUT2D eigenvalue weighted by molar-refractivity contribution is 7.89. The van der Waals surface area contributed by atoms with Crippen LogP contribution < -0.4 is 9.88 Å². The molecule has 0 aliphatic rings. The highest BCUT2D eigenvalue weighted by atomic mass is 35.5. The van der Waals surface area contributed by atoms with Crippen molar-refractivity contribution in [2.75, 3.05) is 0 Å². The quantitative estimate of drug-likeness (QED) is 0.916. The van der Waals surface area contributed by atoms with Crippen LogP contribution in [-0.4, -0.2) is 18.2 Å². The van der Waals surface area contributed by atoms with E-state index in [1.807, 2.05) is 13.0 Å². The van der Waals surface area contributed by atoms with Gasteiger partial charge >= 0.3 is 0 Å². The number of nitrogens with zero attached hydrogens (tertiary/aromatic N) is 2. The monoisotopic (exact) mass is 349 g/mol. The van der Waals surface area contributed by atoms with Crippen molar-refractivity contribution >= 4 is 33.2 Å². The van der Waals surface area contributed by atoms with Crippen molar-refractivity contribution in [3.05, 3.63) is 39.6 Å². The molecule has 114 valence electrons. The third-order valence-corrected chi connectivity index (χ3v) is 4.72. The zero-order valence-electron chi connectivity index (χ0n) is 11.3. The van der Waals surface area contributed by atoms with Gasteiger partial charge in [0, 0.05) is 7.05 Å². The summed E-state index contributed by atoms with van der Waals surface area (Å²) in [6, 6.07) is 4.54. The molecule has 2 N–H and O–H groups in total. The minimum Gasteiger partial charge on any atom is -0.486 e. The van der Waals surface area contributed by atoms with Crippen molar-refractivity contribution in [2.24, 2.45) is 12.2 Å². The van der Waals surface area contributed by atoms with Crippen LogP contribution in [0.4, 0.5) is 0 Å². The molecule has 0 fully saturated rings. The molecule has 2 rings (SSSR count). The minimum absolute atomic E-state index is 0.00193. The Morgan fingerprint density at radius 2 is 2.00 bits per heavy atom. The highest BCUT2D eigenvalue weighted by Crippen LogP contribution is 2.36. The maximum absolute atomic E-state index is 11.3. The number of aryl methyl sites for hydroxylation is 2. The molecule has 0 aliphatic heterocycles. The number of hydrogen-bond acceptors (Lipinski definition) is 4. The zero-order valence-corrected chi connectivity index (χ0v) is 13.6. The van der Waals surface area contributed by atoms with E-state index in [4.69, 9.17) is 33.1 Å². The molecule has 6 nitrogen and oxygen atoms in total. The average molecular weight is 350 g/mol. The van der Waals surface area contributed by atoms with Crippen LogP contribution in [0.3, 0.4) is 0 Å². The predicted molar refractivity (Wildman–Crippen MR) is 80.1 cm³/mol. The standard InChI is InChI=1S/C12H13Cl2N3O3S/c1-7-5-8(17(2)16-7)6-20-9-3-4-10(21(15,18)19)12(14)11(9)13/h3-5H,6H2,1-2H3,(H2,15,18,19). The largest absolute Gasteiger partial charge is 0.486 e. The fourth-order valence-electron chi connectivity index (χ4n) is 1.80. The molecule has 0 saturated heterocycles. The van der Waals surface area contributed by atoms with Gasteiger partial charge in [-0.15, -0.1) is 0 Å². The first-order valence-corrected chi connectivity index (χ1v) is 8.13. The smallest absolute Gasteiger partial charge is 0.239 e. The van der Waals surface area contributed by atoms with Crippen LogP contribution in [0.5, 0.6) is 5.75 Å². The maximum Gasteiger partial charge on any atom is 0.239 e. The van der Waals surface area contributed by atoms with E-state index in [9.17, 15) is 8.42 Å². The number of aromatic nitrogens is 2. The average Bonchev–Trinajstić information content (AvgIpc) is 2.68. The number of ether oxygens (including phenoxy) is 1. The maximum atomic E-state index is 11.3. The topological polar surface area (TPSA) is 87.2 Å². The normalized spacial score (nSPS) is 11.7. The Bertz CT molecular complexity index is 787. The van der Waals surface area contributed by atoms with Gasteiger partial charge < -0.3 is 4.74 Å². The Kier molecular flexibility index (Phi) is 4.48. The first-order valence-electron chi connectivity index (χ1n) is 5.83. The molecule has 2 aromatic rings. The van der Waals surface area contributed by atoms with Gasteiger partial charge in [0.25, 0.3) is 0 Å². The number of hydrogen-bond donors (Lipinski definition) is 1. The molecule has 1 heterocycles. The van der Waals surface area contributed by atoms with Gasteiger partial charge in [0.1, 0.15) is 22.3 Å². The van der Waals surface area contributed by atoms with Crippen LogP contribution in [0.1, 0.15) is 11.4 Å². The molecule has 0 bridgehead atoms. The van der Waals surface area contributed by atoms with Gasteiger partial charge in [-0.3, -0.25) is 4.68 Å². The van der Waals surface area contributed by atoms with Gasteiger partial charge in [0.05, 0.1) is 16.4 Å². The fourth-order valence-corrected chi connectivity index (χ4v) is 3.16. The van der Waals surface area contributed by atoms with Crippen LogP contribution in [-0.2, 0) is 23.7 Å². The Morgan fingerprint density at radius 3 is 2.52 bits per heavy atom. The highest BCUT2D eigenvalue weighted by Gasteiger charge is 2.18. The molecule has 1 aromatic heterocycles. The van der Waals surface area contributed by atoms with Crippen molar-refractivity contribution in [1.29, 1.82) is 0 Å². The molecule has 0 unspecified atom stereocenters. The van der Waals surface area contributed by atoms with E-state index in [1.165, 1.54) is 12.1 Å². The third-order valence-electron chi connectivity index (χ3n) is 2.79. The summed E-state index contributed by atoms with van der Waals surface area (Å²) < 4.78 is 29.9. The lowest BCUT2D eigenvalue weighted by Crippen LogP contribution is -2.13. The number of nitrogens with two attached hydrogens (primary N) is 1. The lowest BCUT2D eigenvalue weighted by atomic mass is 10.3. The second-order valence-electron chi connectivity index (χ2n) is 4.42. The van der Waals surface area contributed by atoms with Crippen molar-refractivity contribution in [1.82, 2.24) is 9.78 Å². The van der Waals surface area contributed by atoms with Gasteiger partial charge in [0.2, 0.25) is 10.0 Å². The van der Waals surface area contributed by atoms with Gasteiger partial charge in [-0.1, -0.05) is 23.2 Å². The van der Waals surface area contributed by atoms with Crippen molar-refractivity contribution < 1.29 is 13.2 Å². The number of primary sulfonamides is 1. The van der Waals surface area contributed by atoms with E-state index in [2.05, 4.69) is 5.10 Å². The molecule has 0 spiro atoms. The zero-order chi connectivity index (χ0) is 15.8. The van der Waals surface area contributed by atoms with E-state index < -0.39 is 10.0 Å². The summed E-state index contributed by atoms with van der Waals surface area (Å²) in [5, 5.41) is 9.08. The van der Waals surface area contributed by atoms with Gasteiger partial charge in [-0.2, -0.15) is 5.10 Å². The fraction of sp³-hybridized carbons (Fsp3) is 0.250. The molecule has 0 atom stereocenters. The van der Waals surface area contributed by atoms with Gasteiger partial charge in [-0.05, 0) is 25.1 Å². The second kappa shape index (κ2) is 5.84. The number of halogens is 2. The Labute approximate surface area is 132 Å². The SMILES string of the molecule is Cc1cc(COc2ccc(S(N)(=O)=O)c(Cl)c2Cl)n(C)n1. The van der Waals surface area contributed by atoms with E-state index in [-0.39, 0.29) is 27.3 Å². The Morgan fingerprint density at radius 1 is 1.33 bits per heavy atom. The predicted octanol–water partition coefficient (Wildman–Crippen LogP) is 2.26. The molecule has 0 radical (unpaired) electrons. The van der Waals surface area contributed by atoms with Crippen LogP contribution >= 0.6 is 23.2 Å². The van der Waals surface area contributed by atoms with Crippen molar-refractivity contribution in [2.45, 2.75) is 18.4 Å². The summed E-state index contributed by atoms with van der Waals surface area (Å²) in [4.78, 5) is -0.238. The third kappa shape index (κ3) is 3.49. The summed E-state index contributed by atoms with van der Waals surface area (Å²) >= 11 is 11.9. The molecular weight excluding hydrogens is 337 g/mol. The lowest BCUT2D eigenvalue weighted by Gasteiger charge is -2.11. The van der Waals surface area contributed by atoms with E-state index in [1.54, 1.807) is 11.7 Å². The molecule has 0 amide bonds. The molecule has 1 aromatic carbocycles. The van der Waals surface area contributed by atoms with E-state index in [0.29, 0.717) is 0 Å². The molecular formula is C12H13Cl2N3O3S. The summed E-state index contributed by atoms with van der Waals surface area (Å²) in [7, 11) is -2.13. The Balaban J connectivity index is 2.26. The van der Waals surface area contributed by atoms with Crippen LogP contribution in [0.15, 0.2) is 23.1 Å². The minimum atomic E-state index is -3.93. The Hall–Kier alpha value is -1.28. The summed E-state index contributed by atoms with van der Waals surface area (Å²) in [5.74, 6) is 0.271. The van der Waals surface area contributed by atoms with Crippen LogP contribution in [0, 0.1) is 6.92 Å². The number of rotatable bonds is 4. The summed E-state index contributed by atoms with van der Waals surface area (Å²) in [5.41, 5.74) is 1.71. The molecule has 21 heavy (non-hydrogen) atoms. The molecule has 9 heteroatoms. The summed E-state index contributed by atoms with van der Waals surface area (Å²) in [6.45, 7) is 2.09. The lowest BCUT2D eigenvalue weighted by molar-refractivity contribution is 0.295. The van der Waals surface area contributed by atoms with Crippen LogP contribution in [0.2, 0.25) is 10.0 Å². The van der Waals surface area contributed by atoms with Gasteiger partial charge in [-0.25, -0.2) is 13.6 Å². The second-order valence-corrected chi connectivity index (χ2v) is 6.71. The van der Waals surface area contributed by atoms with E-state index in [0.717, 1.165) is 11.4 Å². The summed E-state index contributed by atoms with van der Waals surface area (Å²) in [6.07, 6.45) is 0. The first-order chi connectivity index (χ1) is 9.70. The number of benzene rings is 1. The molecule has 0 saturated carbocycles. The first kappa shape index (κ1) is 16.1. The van der Waals surface area contributed by atoms with Gasteiger partial charge in [0.15, 0.2) is 0 Å². The van der Waals surface area contributed by atoms with Crippen molar-refractivity contribution in [3.63, 3.8) is 0 Å². The van der Waals surface area contributed by atoms with Crippen molar-refractivity contribution in [3.8, 4) is 5.75 Å². The number of sulfonamides is 1. The molecule has 0 aliphatic carbocycles. The van der Waals surface area contributed by atoms with E-state index >= 15 is 0 Å². The van der Waals surface area contributed by atoms with Crippen LogP contribution in [0.25, 0.3) is 0 Å².